The fourth-order valence-electron chi connectivity index (χ4n) is 2.63. The topological polar surface area (TPSA) is 111 Å². The molecule has 0 aliphatic carbocycles. The number of hydrazone groups is 1. The number of aryl methyl sites for hydroxylation is 1. The van der Waals surface area contributed by atoms with Crippen LogP contribution in [0.3, 0.4) is 0 Å². The molecule has 0 fully saturated rings. The molecule has 1 aliphatic rings. The minimum absolute atomic E-state index is 0.0967. The Morgan fingerprint density at radius 3 is 2.43 bits per heavy atom. The molecular formula is C15H22N4O4. The van der Waals surface area contributed by atoms with E-state index >= 15 is 0 Å². The van der Waals surface area contributed by atoms with Crippen LogP contribution in [-0.4, -0.2) is 61.5 Å². The van der Waals surface area contributed by atoms with Gasteiger partial charge in [0.05, 0.1) is 55.1 Å². The first-order valence-electron chi connectivity index (χ1n) is 7.47. The third-order valence-corrected chi connectivity index (χ3v) is 3.65. The molecule has 0 spiro atoms. The van der Waals surface area contributed by atoms with Gasteiger partial charge in [-0.1, -0.05) is 0 Å². The first kappa shape index (κ1) is 17.3. The van der Waals surface area contributed by atoms with Crippen molar-refractivity contribution in [3.05, 3.63) is 22.5 Å². The Hall–Kier alpha value is -2.03. The summed E-state index contributed by atoms with van der Waals surface area (Å²) < 4.78 is 1.55. The minimum atomic E-state index is -0.795. The van der Waals surface area contributed by atoms with Crippen molar-refractivity contribution >= 4 is 17.7 Å². The molecule has 2 heterocycles. The van der Waals surface area contributed by atoms with Crippen LogP contribution in [0, 0.1) is 6.92 Å². The maximum absolute atomic E-state index is 12.3. The monoisotopic (exact) mass is 322 g/mol. The van der Waals surface area contributed by atoms with E-state index in [2.05, 4.69) is 10.2 Å². The van der Waals surface area contributed by atoms with E-state index in [1.807, 2.05) is 0 Å². The number of rotatable bonds is 6. The van der Waals surface area contributed by atoms with Crippen molar-refractivity contribution < 1.29 is 20.1 Å². The highest BCUT2D eigenvalue weighted by atomic mass is 16.3. The van der Waals surface area contributed by atoms with E-state index in [1.165, 1.54) is 5.01 Å². The summed E-state index contributed by atoms with van der Waals surface area (Å²) in [6.45, 7) is 5.26. The predicted octanol–water partition coefficient (Wildman–Crippen LogP) is -0.169. The maximum Gasteiger partial charge on any atom is 0.275 e. The lowest BCUT2D eigenvalue weighted by Crippen LogP contribution is -2.25. The van der Waals surface area contributed by atoms with E-state index in [4.69, 9.17) is 10.2 Å². The summed E-state index contributed by atoms with van der Waals surface area (Å²) in [4.78, 5) is 12.3. The molecule has 2 rings (SSSR count). The van der Waals surface area contributed by atoms with Crippen LogP contribution < -0.4 is 0 Å². The summed E-state index contributed by atoms with van der Waals surface area (Å²) in [6.07, 6.45) is 0.869. The second-order valence-corrected chi connectivity index (χ2v) is 5.40. The van der Waals surface area contributed by atoms with Crippen LogP contribution in [0.2, 0.25) is 0 Å². The summed E-state index contributed by atoms with van der Waals surface area (Å²) in [5, 5.41) is 37.8. The van der Waals surface area contributed by atoms with Crippen molar-refractivity contribution in [2.75, 3.05) is 19.8 Å². The van der Waals surface area contributed by atoms with Gasteiger partial charge >= 0.3 is 0 Å². The summed E-state index contributed by atoms with van der Waals surface area (Å²) in [5.41, 5.74) is 2.81. The molecule has 8 heteroatoms. The Bertz CT molecular complexity index is 661. The first-order chi connectivity index (χ1) is 10.9. The van der Waals surface area contributed by atoms with Gasteiger partial charge in [0.2, 0.25) is 0 Å². The van der Waals surface area contributed by atoms with Crippen molar-refractivity contribution in [3.8, 4) is 0 Å². The van der Waals surface area contributed by atoms with Crippen molar-refractivity contribution in [2.45, 2.75) is 33.4 Å². The molecule has 1 aromatic heterocycles. The number of aliphatic hydroxyl groups excluding tert-OH is 3. The van der Waals surface area contributed by atoms with Crippen LogP contribution in [0.1, 0.15) is 36.9 Å². The quantitative estimate of drug-likeness (QED) is 0.630. The summed E-state index contributed by atoms with van der Waals surface area (Å²) in [6, 6.07) is 0. The van der Waals surface area contributed by atoms with Crippen LogP contribution in [0.5, 0.6) is 0 Å². The van der Waals surface area contributed by atoms with Crippen LogP contribution in [0.25, 0.3) is 6.08 Å². The van der Waals surface area contributed by atoms with Crippen LogP contribution in [0.4, 0.5) is 0 Å². The Kier molecular flexibility index (Phi) is 5.30. The van der Waals surface area contributed by atoms with Gasteiger partial charge in [-0.3, -0.25) is 9.48 Å². The lowest BCUT2D eigenvalue weighted by atomic mass is 10.0. The molecule has 0 saturated heterocycles. The normalized spacial score (nSPS) is 18.0. The van der Waals surface area contributed by atoms with Crippen molar-refractivity contribution in [2.24, 2.45) is 5.10 Å². The first-order valence-corrected chi connectivity index (χ1v) is 7.47. The molecule has 0 radical (unpaired) electrons. The van der Waals surface area contributed by atoms with Gasteiger partial charge in [0, 0.05) is 5.56 Å². The standard InChI is InChI=1S/C15H22N4O4/c1-9-12(14(11(3)22)18(16-9)4-6-20)8-13-10(2)17-19(5-7-21)15(13)23/h8,11,20-22H,4-7H2,1-3H3/b13-8+. The van der Waals surface area contributed by atoms with Gasteiger partial charge in [0.25, 0.3) is 5.91 Å². The van der Waals surface area contributed by atoms with E-state index < -0.39 is 6.10 Å². The number of amides is 1. The molecule has 23 heavy (non-hydrogen) atoms. The number of hydrogen-bond acceptors (Lipinski definition) is 6. The molecule has 0 bridgehead atoms. The van der Waals surface area contributed by atoms with Gasteiger partial charge in [-0.25, -0.2) is 5.01 Å². The summed E-state index contributed by atoms with van der Waals surface area (Å²) in [5.74, 6) is -0.289. The van der Waals surface area contributed by atoms with Crippen LogP contribution in [0.15, 0.2) is 10.7 Å². The predicted molar refractivity (Wildman–Crippen MR) is 84.6 cm³/mol. The largest absolute Gasteiger partial charge is 0.394 e. The van der Waals surface area contributed by atoms with Crippen molar-refractivity contribution in [3.63, 3.8) is 0 Å². The lowest BCUT2D eigenvalue weighted by Gasteiger charge is -2.11. The zero-order valence-corrected chi connectivity index (χ0v) is 13.5. The number of aliphatic hydroxyl groups is 3. The van der Waals surface area contributed by atoms with E-state index in [0.717, 1.165) is 0 Å². The molecule has 1 aromatic rings. The molecular weight excluding hydrogens is 300 g/mol. The summed E-state index contributed by atoms with van der Waals surface area (Å²) >= 11 is 0. The molecule has 1 atom stereocenters. The fraction of sp³-hybridized carbons (Fsp3) is 0.533. The number of carbonyl (C=O) groups is 1. The van der Waals surface area contributed by atoms with Gasteiger partial charge in [-0.05, 0) is 26.8 Å². The van der Waals surface area contributed by atoms with Crippen molar-refractivity contribution in [1.82, 2.24) is 14.8 Å². The molecule has 1 unspecified atom stereocenters. The van der Waals surface area contributed by atoms with E-state index in [0.29, 0.717) is 28.2 Å². The third-order valence-electron chi connectivity index (χ3n) is 3.65. The third kappa shape index (κ3) is 3.34. The average Bonchev–Trinajstić information content (AvgIpc) is 2.92. The molecule has 0 saturated carbocycles. The lowest BCUT2D eigenvalue weighted by molar-refractivity contribution is -0.126. The fourth-order valence-corrected chi connectivity index (χ4v) is 2.63. The SMILES string of the molecule is CC1=NN(CCO)C(=O)/C1=C/c1c(C)nn(CCO)c1C(C)O. The molecule has 126 valence electrons. The number of carbonyl (C=O) groups excluding carboxylic acids is 1. The Morgan fingerprint density at radius 2 is 1.87 bits per heavy atom. The molecule has 3 N–H and O–H groups in total. The minimum Gasteiger partial charge on any atom is -0.394 e. The number of nitrogens with zero attached hydrogens (tertiary/aromatic N) is 4. The van der Waals surface area contributed by atoms with Gasteiger partial charge in [-0.15, -0.1) is 0 Å². The van der Waals surface area contributed by atoms with Gasteiger partial charge in [0.15, 0.2) is 0 Å². The van der Waals surface area contributed by atoms with Crippen molar-refractivity contribution in [1.29, 1.82) is 0 Å². The zero-order chi connectivity index (χ0) is 17.1. The maximum atomic E-state index is 12.3. The van der Waals surface area contributed by atoms with Gasteiger partial charge in [0.1, 0.15) is 0 Å². The highest BCUT2D eigenvalue weighted by molar-refractivity contribution is 6.26. The highest BCUT2D eigenvalue weighted by Crippen LogP contribution is 2.26. The van der Waals surface area contributed by atoms with Crippen LogP contribution >= 0.6 is 0 Å². The highest BCUT2D eigenvalue weighted by Gasteiger charge is 2.28. The Labute approximate surface area is 134 Å². The molecule has 8 nitrogen and oxygen atoms in total. The summed E-state index contributed by atoms with van der Waals surface area (Å²) in [7, 11) is 0. The van der Waals surface area contributed by atoms with Gasteiger partial charge < -0.3 is 15.3 Å². The molecule has 0 aromatic carbocycles. The average molecular weight is 322 g/mol. The Morgan fingerprint density at radius 1 is 1.22 bits per heavy atom. The number of hydrogen-bond donors (Lipinski definition) is 3. The van der Waals surface area contributed by atoms with Crippen LogP contribution in [-0.2, 0) is 11.3 Å². The van der Waals surface area contributed by atoms with E-state index in [9.17, 15) is 9.90 Å². The second kappa shape index (κ2) is 7.03. The van der Waals surface area contributed by atoms with E-state index in [-0.39, 0.29) is 32.2 Å². The number of β-amino-alcohol motifs (C(OH)–C–C–N with tert-alkyl or cyclic N) is 1. The van der Waals surface area contributed by atoms with Gasteiger partial charge in [-0.2, -0.15) is 10.2 Å². The number of aromatic nitrogens is 2. The second-order valence-electron chi connectivity index (χ2n) is 5.40. The molecule has 1 amide bonds. The van der Waals surface area contributed by atoms with E-state index in [1.54, 1.807) is 31.5 Å². The smallest absolute Gasteiger partial charge is 0.275 e. The zero-order valence-electron chi connectivity index (χ0n) is 13.5. The Balaban J connectivity index is 2.47. The molecule has 1 aliphatic heterocycles.